The molecule has 0 saturated carbocycles. The van der Waals surface area contributed by atoms with Gasteiger partial charge in [0, 0.05) is 0 Å². The summed E-state index contributed by atoms with van der Waals surface area (Å²) in [5.41, 5.74) is 0. The van der Waals surface area contributed by atoms with Gasteiger partial charge in [-0.15, -0.1) is 17.6 Å². The molecule has 1 rings (SSSR count). The third-order valence-electron chi connectivity index (χ3n) is 1.41. The fourth-order valence-electron chi connectivity index (χ4n) is 0.769. The minimum absolute atomic E-state index is 2.18. The van der Waals surface area contributed by atoms with Crippen LogP contribution < -0.4 is 0 Å². The molecule has 1 aliphatic heterocycles. The maximum absolute atomic E-state index is 13.0. The summed E-state index contributed by atoms with van der Waals surface area (Å²) in [5.74, 6) is 0. The van der Waals surface area contributed by atoms with Crippen LogP contribution in [0.2, 0.25) is 0 Å². The second-order valence-electron chi connectivity index (χ2n) is 2.92. The van der Waals surface area contributed by atoms with Crippen molar-refractivity contribution in [2.45, 2.75) is 24.8 Å². The Labute approximate surface area is 101 Å². The molecule has 0 amide bonds. The van der Waals surface area contributed by atoms with Crippen molar-refractivity contribution in [1.82, 2.24) is 0 Å². The number of ether oxygens (including phenoxy) is 4. The molecule has 0 radical (unpaired) electrons. The van der Waals surface area contributed by atoms with E-state index >= 15 is 0 Å². The molecule has 4 nitrogen and oxygen atoms in total. The number of alkyl halides is 8. The van der Waals surface area contributed by atoms with Gasteiger partial charge in [-0.2, -0.15) is 31.1 Å². The Morgan fingerprint density at radius 1 is 0.700 bits per heavy atom. The molecular formula is C6F10O4. The SMILES string of the molecule is F/C1=C(\F)OC(F)(C(F)(F)F)OC(F)(F)OC(F)(F)O1. The predicted octanol–water partition coefficient (Wildman–Crippen LogP) is 3.42. The van der Waals surface area contributed by atoms with E-state index in [4.69, 9.17) is 0 Å². The molecule has 118 valence electrons. The summed E-state index contributed by atoms with van der Waals surface area (Å²) >= 11 is 0. The summed E-state index contributed by atoms with van der Waals surface area (Å²) < 4.78 is 133. The summed E-state index contributed by atoms with van der Waals surface area (Å²) in [6.07, 6.45) is -18.2. The molecule has 1 unspecified atom stereocenters. The van der Waals surface area contributed by atoms with Crippen molar-refractivity contribution in [3.63, 3.8) is 0 Å². The molecule has 0 fully saturated rings. The second-order valence-corrected chi connectivity index (χ2v) is 2.92. The van der Waals surface area contributed by atoms with Crippen LogP contribution in [0, 0.1) is 0 Å². The van der Waals surface area contributed by atoms with Crippen LogP contribution in [0.15, 0.2) is 12.0 Å². The van der Waals surface area contributed by atoms with Crippen LogP contribution in [-0.4, -0.2) is 24.8 Å². The lowest BCUT2D eigenvalue weighted by Gasteiger charge is -2.28. The Kier molecular flexibility index (Phi) is 3.77. The zero-order chi connectivity index (χ0) is 16.0. The zero-order valence-electron chi connectivity index (χ0n) is 8.41. The normalized spacial score (nSPS) is 34.3. The summed E-state index contributed by atoms with van der Waals surface area (Å²) in [6.45, 7) is 0. The molecule has 0 N–H and O–H groups in total. The van der Waals surface area contributed by atoms with E-state index in [1.165, 1.54) is 0 Å². The molecule has 0 bridgehead atoms. The van der Waals surface area contributed by atoms with E-state index in [-0.39, 0.29) is 0 Å². The third-order valence-corrected chi connectivity index (χ3v) is 1.41. The quantitative estimate of drug-likeness (QED) is 0.639. The Bertz CT molecular complexity index is 416. The van der Waals surface area contributed by atoms with Crippen molar-refractivity contribution in [2.24, 2.45) is 0 Å². The zero-order valence-corrected chi connectivity index (χ0v) is 8.41. The fraction of sp³-hybridized carbons (Fsp3) is 0.667. The molecule has 20 heavy (non-hydrogen) atoms. The predicted molar refractivity (Wildman–Crippen MR) is 33.4 cm³/mol. The minimum atomic E-state index is -6.53. The lowest BCUT2D eigenvalue weighted by molar-refractivity contribution is -0.575. The third kappa shape index (κ3) is 3.56. The first-order chi connectivity index (χ1) is 8.68. The van der Waals surface area contributed by atoms with Crippen LogP contribution in [0.4, 0.5) is 43.9 Å². The summed E-state index contributed by atoms with van der Waals surface area (Å²) in [5, 5.41) is 0. The van der Waals surface area contributed by atoms with E-state index in [1.807, 2.05) is 0 Å². The van der Waals surface area contributed by atoms with Gasteiger partial charge in [0.2, 0.25) is 0 Å². The molecular weight excluding hydrogens is 326 g/mol. The molecule has 1 aliphatic rings. The minimum Gasteiger partial charge on any atom is -0.398 e. The van der Waals surface area contributed by atoms with Crippen LogP contribution in [0.5, 0.6) is 0 Å². The van der Waals surface area contributed by atoms with Crippen molar-refractivity contribution in [1.29, 1.82) is 0 Å². The fourth-order valence-corrected chi connectivity index (χ4v) is 0.769. The van der Waals surface area contributed by atoms with E-state index in [0.29, 0.717) is 0 Å². The molecule has 1 atom stereocenters. The van der Waals surface area contributed by atoms with Gasteiger partial charge >= 0.3 is 36.8 Å². The van der Waals surface area contributed by atoms with Gasteiger partial charge in [-0.05, 0) is 0 Å². The monoisotopic (exact) mass is 326 g/mol. The van der Waals surface area contributed by atoms with Gasteiger partial charge in [-0.25, -0.2) is 4.74 Å². The summed E-state index contributed by atoms with van der Waals surface area (Å²) in [7, 11) is 0. The van der Waals surface area contributed by atoms with E-state index in [9.17, 15) is 43.9 Å². The average molecular weight is 326 g/mol. The maximum Gasteiger partial charge on any atom is 0.543 e. The van der Waals surface area contributed by atoms with Gasteiger partial charge in [0.1, 0.15) is 0 Å². The van der Waals surface area contributed by atoms with Gasteiger partial charge in [0.15, 0.2) is 0 Å². The van der Waals surface area contributed by atoms with Crippen LogP contribution in [0.3, 0.4) is 0 Å². The van der Waals surface area contributed by atoms with Crippen molar-refractivity contribution < 1.29 is 62.9 Å². The van der Waals surface area contributed by atoms with Crippen LogP contribution in [0.25, 0.3) is 0 Å². The van der Waals surface area contributed by atoms with Gasteiger partial charge in [-0.3, -0.25) is 0 Å². The molecule has 1 heterocycles. The molecule has 14 heteroatoms. The lowest BCUT2D eigenvalue weighted by atomic mass is 10.5. The van der Waals surface area contributed by atoms with Crippen LogP contribution in [0.1, 0.15) is 0 Å². The van der Waals surface area contributed by atoms with Crippen LogP contribution >= 0.6 is 0 Å². The van der Waals surface area contributed by atoms with Crippen LogP contribution in [-0.2, 0) is 18.9 Å². The summed E-state index contributed by atoms with van der Waals surface area (Å²) in [6, 6.07) is -12.7. The first kappa shape index (κ1) is 16.6. The standard InChI is InChI=1S/C6F10O4/c7-1-2(8)18-5(13,14)20-6(15,16)19-4(12,17-1)3(9,10)11/b2-1-. The highest BCUT2D eigenvalue weighted by Gasteiger charge is 2.69. The molecule has 0 aromatic carbocycles. The Balaban J connectivity index is 3.30. The van der Waals surface area contributed by atoms with Crippen molar-refractivity contribution in [2.75, 3.05) is 0 Å². The second kappa shape index (κ2) is 4.54. The van der Waals surface area contributed by atoms with E-state index in [2.05, 4.69) is 18.9 Å². The van der Waals surface area contributed by atoms with Crippen molar-refractivity contribution >= 4 is 0 Å². The summed E-state index contributed by atoms with van der Waals surface area (Å²) in [4.78, 5) is 0. The Morgan fingerprint density at radius 3 is 1.60 bits per heavy atom. The van der Waals surface area contributed by atoms with E-state index in [1.54, 1.807) is 0 Å². The number of halogens is 10. The molecule has 0 aromatic rings. The van der Waals surface area contributed by atoms with Gasteiger partial charge in [-0.1, -0.05) is 0 Å². The van der Waals surface area contributed by atoms with E-state index in [0.717, 1.165) is 0 Å². The number of rotatable bonds is 0. The number of hydrogen-bond acceptors (Lipinski definition) is 4. The van der Waals surface area contributed by atoms with Crippen molar-refractivity contribution in [3.8, 4) is 0 Å². The molecule has 0 saturated heterocycles. The Morgan fingerprint density at radius 2 is 1.15 bits per heavy atom. The maximum atomic E-state index is 13.0. The van der Waals surface area contributed by atoms with Gasteiger partial charge < -0.3 is 9.47 Å². The van der Waals surface area contributed by atoms with Crippen molar-refractivity contribution in [3.05, 3.63) is 12.0 Å². The highest BCUT2D eigenvalue weighted by molar-refractivity contribution is 4.87. The first-order valence-electron chi connectivity index (χ1n) is 4.02. The molecule has 0 aromatic heterocycles. The smallest absolute Gasteiger partial charge is 0.398 e. The first-order valence-corrected chi connectivity index (χ1v) is 4.02. The molecule has 0 aliphatic carbocycles. The number of hydrogen-bond donors (Lipinski definition) is 0. The molecule has 0 spiro atoms. The highest BCUT2D eigenvalue weighted by Crippen LogP contribution is 2.45. The van der Waals surface area contributed by atoms with E-state index < -0.39 is 36.8 Å². The Hall–Kier alpha value is -1.44. The van der Waals surface area contributed by atoms with Gasteiger partial charge in [0.05, 0.1) is 0 Å². The lowest BCUT2D eigenvalue weighted by Crippen LogP contribution is -2.51. The average Bonchev–Trinajstić information content (AvgIpc) is 2.11. The topological polar surface area (TPSA) is 36.9 Å². The van der Waals surface area contributed by atoms with Gasteiger partial charge in [0.25, 0.3) is 0 Å². The largest absolute Gasteiger partial charge is 0.543 e. The highest BCUT2D eigenvalue weighted by atomic mass is 19.4.